The Morgan fingerprint density at radius 1 is 1.18 bits per heavy atom. The Kier molecular flexibility index (Phi) is 2.26. The van der Waals surface area contributed by atoms with E-state index in [1.807, 2.05) is 44.4 Å². The highest BCUT2D eigenvalue weighted by atomic mass is 16.3. The minimum absolute atomic E-state index is 0.297. The predicted molar refractivity (Wildman–Crippen MR) is 45.3 cm³/mol. The smallest absolute Gasteiger partial charge is 0.366 e. The maximum Gasteiger partial charge on any atom is 0.366 e. The number of hydrogen-bond acceptors (Lipinski definition) is 0. The predicted octanol–water partition coefficient (Wildman–Crippen LogP) is 1.26. The van der Waals surface area contributed by atoms with Gasteiger partial charge in [0.05, 0.1) is 5.56 Å². The van der Waals surface area contributed by atoms with Crippen LogP contribution in [0.1, 0.15) is 5.56 Å². The maximum absolute atomic E-state index is 9.44. The van der Waals surface area contributed by atoms with E-state index in [-0.39, 0.29) is 0 Å². The topological polar surface area (TPSA) is 23.2 Å². The molecular formula is C9H12NO+. The van der Waals surface area contributed by atoms with Crippen LogP contribution in [0.25, 0.3) is 0 Å². The fourth-order valence-corrected chi connectivity index (χ4v) is 0.845. The summed E-state index contributed by atoms with van der Waals surface area (Å²) in [4.78, 5) is 0. The first-order valence-corrected chi connectivity index (χ1v) is 3.50. The van der Waals surface area contributed by atoms with Gasteiger partial charge >= 0.3 is 5.90 Å². The van der Waals surface area contributed by atoms with Crippen molar-refractivity contribution in [2.75, 3.05) is 14.1 Å². The largest absolute Gasteiger partial charge is 0.460 e. The Labute approximate surface area is 66.4 Å². The fraction of sp³-hybridized carbons (Fsp3) is 0.222. The highest BCUT2D eigenvalue weighted by Crippen LogP contribution is 1.97. The Bertz CT molecular complexity index is 260. The number of nitrogens with zero attached hydrogens (tertiary/aromatic N) is 1. The highest BCUT2D eigenvalue weighted by molar-refractivity contribution is 5.88. The molecule has 1 rings (SSSR count). The lowest BCUT2D eigenvalue weighted by Gasteiger charge is -1.94. The fourth-order valence-electron chi connectivity index (χ4n) is 0.845. The van der Waals surface area contributed by atoms with Crippen LogP contribution in [0.2, 0.25) is 0 Å². The number of benzene rings is 1. The second-order valence-electron chi connectivity index (χ2n) is 2.58. The van der Waals surface area contributed by atoms with Crippen LogP contribution in [-0.4, -0.2) is 29.7 Å². The molecule has 2 nitrogen and oxygen atoms in total. The molecule has 0 spiro atoms. The second kappa shape index (κ2) is 3.19. The van der Waals surface area contributed by atoms with Crippen molar-refractivity contribution in [1.82, 2.24) is 0 Å². The SMILES string of the molecule is C[N+](C)=C(O)c1ccccc1. The minimum Gasteiger partial charge on any atom is -0.460 e. The van der Waals surface area contributed by atoms with Crippen LogP contribution < -0.4 is 0 Å². The molecule has 0 aliphatic heterocycles. The zero-order chi connectivity index (χ0) is 8.27. The lowest BCUT2D eigenvalue weighted by Crippen LogP contribution is -2.13. The summed E-state index contributed by atoms with van der Waals surface area (Å²) < 4.78 is 1.68. The molecule has 58 valence electrons. The minimum atomic E-state index is 0.297. The van der Waals surface area contributed by atoms with Gasteiger partial charge in [-0.1, -0.05) is 18.2 Å². The van der Waals surface area contributed by atoms with Crippen molar-refractivity contribution in [3.63, 3.8) is 0 Å². The molecule has 1 aromatic rings. The van der Waals surface area contributed by atoms with Gasteiger partial charge in [-0.25, -0.2) is 4.58 Å². The molecular weight excluding hydrogens is 138 g/mol. The molecule has 0 unspecified atom stereocenters. The highest BCUT2D eigenvalue weighted by Gasteiger charge is 2.05. The van der Waals surface area contributed by atoms with Crippen molar-refractivity contribution in [3.05, 3.63) is 35.9 Å². The van der Waals surface area contributed by atoms with Crippen molar-refractivity contribution >= 4 is 5.90 Å². The molecule has 0 atom stereocenters. The number of aliphatic hydroxyl groups is 1. The first-order chi connectivity index (χ1) is 5.22. The normalized spacial score (nSPS) is 9.27. The standard InChI is InChI=1S/C9H11NO/c1-10(2)9(11)8-6-4-3-5-7-8/h3-7H,1-2H3/p+1. The summed E-state index contributed by atoms with van der Waals surface area (Å²) in [6.07, 6.45) is 0. The van der Waals surface area contributed by atoms with Crippen LogP contribution in [0.15, 0.2) is 30.3 Å². The Hall–Kier alpha value is -1.31. The van der Waals surface area contributed by atoms with Gasteiger partial charge in [0.2, 0.25) is 0 Å². The number of rotatable bonds is 1. The molecule has 0 aromatic heterocycles. The van der Waals surface area contributed by atoms with Gasteiger partial charge in [0.25, 0.3) is 0 Å². The van der Waals surface area contributed by atoms with Gasteiger partial charge in [-0.15, -0.1) is 0 Å². The van der Waals surface area contributed by atoms with E-state index in [2.05, 4.69) is 0 Å². The van der Waals surface area contributed by atoms with E-state index in [0.29, 0.717) is 5.90 Å². The number of hydrogen-bond donors (Lipinski definition) is 1. The van der Waals surface area contributed by atoms with Gasteiger partial charge < -0.3 is 5.11 Å². The zero-order valence-electron chi connectivity index (χ0n) is 6.78. The van der Waals surface area contributed by atoms with Gasteiger partial charge in [0.1, 0.15) is 14.1 Å². The molecule has 0 amide bonds. The van der Waals surface area contributed by atoms with Crippen molar-refractivity contribution in [3.8, 4) is 0 Å². The Morgan fingerprint density at radius 3 is 2.18 bits per heavy atom. The van der Waals surface area contributed by atoms with E-state index >= 15 is 0 Å². The monoisotopic (exact) mass is 150 g/mol. The number of aliphatic hydroxyl groups excluding tert-OH is 1. The molecule has 0 heterocycles. The maximum atomic E-state index is 9.44. The van der Waals surface area contributed by atoms with Crippen LogP contribution in [0, 0.1) is 0 Å². The van der Waals surface area contributed by atoms with Crippen LogP contribution in [0.3, 0.4) is 0 Å². The van der Waals surface area contributed by atoms with E-state index in [0.717, 1.165) is 5.56 Å². The van der Waals surface area contributed by atoms with Gasteiger partial charge in [0.15, 0.2) is 0 Å². The quantitative estimate of drug-likeness (QED) is 0.363. The van der Waals surface area contributed by atoms with Crippen LogP contribution in [0.5, 0.6) is 0 Å². The van der Waals surface area contributed by atoms with Gasteiger partial charge in [-0.05, 0) is 12.1 Å². The summed E-state index contributed by atoms with van der Waals surface area (Å²) in [6, 6.07) is 9.46. The molecule has 2 heteroatoms. The van der Waals surface area contributed by atoms with Crippen molar-refractivity contribution in [2.45, 2.75) is 0 Å². The summed E-state index contributed by atoms with van der Waals surface area (Å²) in [5, 5.41) is 9.44. The molecule has 1 N–H and O–H groups in total. The Morgan fingerprint density at radius 2 is 1.73 bits per heavy atom. The van der Waals surface area contributed by atoms with Crippen molar-refractivity contribution < 1.29 is 9.68 Å². The first kappa shape index (κ1) is 7.79. The van der Waals surface area contributed by atoms with E-state index in [1.54, 1.807) is 4.58 Å². The Balaban J connectivity index is 3.04. The third-order valence-corrected chi connectivity index (χ3v) is 1.46. The van der Waals surface area contributed by atoms with E-state index in [4.69, 9.17) is 0 Å². The third kappa shape index (κ3) is 1.80. The average molecular weight is 150 g/mol. The second-order valence-corrected chi connectivity index (χ2v) is 2.58. The van der Waals surface area contributed by atoms with E-state index < -0.39 is 0 Å². The van der Waals surface area contributed by atoms with Gasteiger partial charge in [0, 0.05) is 0 Å². The van der Waals surface area contributed by atoms with E-state index in [1.165, 1.54) is 0 Å². The van der Waals surface area contributed by atoms with Crippen molar-refractivity contribution in [2.24, 2.45) is 0 Å². The molecule has 0 aliphatic rings. The molecule has 0 bridgehead atoms. The van der Waals surface area contributed by atoms with Crippen molar-refractivity contribution in [1.29, 1.82) is 0 Å². The third-order valence-electron chi connectivity index (χ3n) is 1.46. The average Bonchev–Trinajstić information content (AvgIpc) is 2.05. The van der Waals surface area contributed by atoms with Gasteiger partial charge in [-0.2, -0.15) is 0 Å². The summed E-state index contributed by atoms with van der Waals surface area (Å²) in [6.45, 7) is 0. The van der Waals surface area contributed by atoms with E-state index in [9.17, 15) is 5.11 Å². The molecule has 0 radical (unpaired) electrons. The summed E-state index contributed by atoms with van der Waals surface area (Å²) >= 11 is 0. The van der Waals surface area contributed by atoms with Crippen LogP contribution >= 0.6 is 0 Å². The molecule has 0 aliphatic carbocycles. The summed E-state index contributed by atoms with van der Waals surface area (Å²) in [5.41, 5.74) is 0.845. The molecule has 0 fully saturated rings. The first-order valence-electron chi connectivity index (χ1n) is 3.50. The molecule has 0 saturated carbocycles. The molecule has 11 heavy (non-hydrogen) atoms. The summed E-state index contributed by atoms with van der Waals surface area (Å²) in [7, 11) is 3.62. The molecule has 0 saturated heterocycles. The lowest BCUT2D eigenvalue weighted by molar-refractivity contribution is -0.472. The van der Waals surface area contributed by atoms with Gasteiger partial charge in [-0.3, -0.25) is 0 Å². The lowest BCUT2D eigenvalue weighted by atomic mass is 10.2. The molecule has 1 aromatic carbocycles. The zero-order valence-corrected chi connectivity index (χ0v) is 6.78. The summed E-state index contributed by atoms with van der Waals surface area (Å²) in [5.74, 6) is 0.297. The van der Waals surface area contributed by atoms with Crippen LogP contribution in [-0.2, 0) is 0 Å². The van der Waals surface area contributed by atoms with Crippen LogP contribution in [0.4, 0.5) is 0 Å².